The van der Waals surface area contributed by atoms with Gasteiger partial charge in [-0.2, -0.15) is 0 Å². The lowest BCUT2D eigenvalue weighted by Gasteiger charge is -2.61. The maximum atomic E-state index is 2.79. The highest BCUT2D eigenvalue weighted by Gasteiger charge is 2.50. The zero-order chi connectivity index (χ0) is 20.7. The largest absolute Gasteiger partial charge is 0.298 e. The zero-order valence-corrected chi connectivity index (χ0v) is 20.2. The van der Waals surface area contributed by atoms with Crippen molar-refractivity contribution in [2.24, 2.45) is 0 Å². The smallest absolute Gasteiger partial charge is 0.0335 e. The second kappa shape index (κ2) is 8.30. The van der Waals surface area contributed by atoms with E-state index in [1.54, 1.807) is 0 Å². The molecule has 2 heterocycles. The van der Waals surface area contributed by atoms with Gasteiger partial charge in [0.25, 0.3) is 0 Å². The third-order valence-electron chi connectivity index (χ3n) is 7.98. The van der Waals surface area contributed by atoms with E-state index in [4.69, 9.17) is 0 Å². The van der Waals surface area contributed by atoms with Crippen molar-refractivity contribution < 1.29 is 0 Å². The van der Waals surface area contributed by atoms with Crippen LogP contribution in [0.15, 0.2) is 0 Å². The molecule has 0 radical (unpaired) electrons. The lowest BCUT2D eigenvalue weighted by atomic mass is 9.77. The van der Waals surface area contributed by atoms with Crippen molar-refractivity contribution in [1.82, 2.24) is 19.6 Å². The highest BCUT2D eigenvalue weighted by atomic mass is 15.4. The lowest BCUT2D eigenvalue weighted by Crippen LogP contribution is -2.73. The van der Waals surface area contributed by atoms with E-state index in [9.17, 15) is 0 Å². The van der Waals surface area contributed by atoms with Crippen molar-refractivity contribution in [2.75, 3.05) is 32.7 Å². The van der Waals surface area contributed by atoms with Gasteiger partial charge in [0.05, 0.1) is 0 Å². The fourth-order valence-electron chi connectivity index (χ4n) is 5.83. The van der Waals surface area contributed by atoms with Crippen LogP contribution in [0.1, 0.15) is 76.2 Å². The van der Waals surface area contributed by atoms with E-state index in [0.717, 1.165) is 0 Å². The molecule has 2 saturated heterocycles. The van der Waals surface area contributed by atoms with Gasteiger partial charge in [0.15, 0.2) is 0 Å². The number of nitrogens with zero attached hydrogens (tertiary/aromatic N) is 4. The fourth-order valence-corrected chi connectivity index (χ4v) is 5.83. The minimum Gasteiger partial charge on any atom is -0.298 e. The quantitative estimate of drug-likeness (QED) is 0.720. The summed E-state index contributed by atoms with van der Waals surface area (Å²) in [6.07, 6.45) is 0. The molecular weight excluding hydrogens is 332 g/mol. The predicted molar refractivity (Wildman–Crippen MR) is 119 cm³/mol. The van der Waals surface area contributed by atoms with Crippen LogP contribution >= 0.6 is 0 Å². The maximum Gasteiger partial charge on any atom is 0.0335 e. The number of piperazine rings is 2. The normalized spacial score (nSPS) is 31.2. The van der Waals surface area contributed by atoms with E-state index < -0.39 is 0 Å². The van der Waals surface area contributed by atoms with E-state index in [2.05, 4.69) is 95.8 Å². The van der Waals surface area contributed by atoms with Gasteiger partial charge in [-0.1, -0.05) is 0 Å². The summed E-state index contributed by atoms with van der Waals surface area (Å²) < 4.78 is 0. The van der Waals surface area contributed by atoms with Gasteiger partial charge in [0.1, 0.15) is 0 Å². The highest BCUT2D eigenvalue weighted by Crippen LogP contribution is 2.38. The van der Waals surface area contributed by atoms with Crippen molar-refractivity contribution in [1.29, 1.82) is 0 Å². The molecule has 4 heteroatoms. The first-order valence-electron chi connectivity index (χ1n) is 11.3. The van der Waals surface area contributed by atoms with Crippen LogP contribution in [-0.4, -0.2) is 93.6 Å². The highest BCUT2D eigenvalue weighted by molar-refractivity contribution is 5.07. The molecule has 0 aromatic rings. The Morgan fingerprint density at radius 3 is 1.59 bits per heavy atom. The van der Waals surface area contributed by atoms with Crippen molar-refractivity contribution >= 4 is 0 Å². The molecule has 0 bridgehead atoms. The maximum absolute atomic E-state index is 2.79. The van der Waals surface area contributed by atoms with Gasteiger partial charge >= 0.3 is 0 Å². The Hall–Kier alpha value is -0.160. The summed E-state index contributed by atoms with van der Waals surface area (Å²) >= 11 is 0. The van der Waals surface area contributed by atoms with Crippen LogP contribution in [0.4, 0.5) is 0 Å². The lowest BCUT2D eigenvalue weighted by molar-refractivity contribution is -0.108. The zero-order valence-electron chi connectivity index (χ0n) is 20.2. The Morgan fingerprint density at radius 1 is 0.667 bits per heavy atom. The molecule has 3 atom stereocenters. The summed E-state index contributed by atoms with van der Waals surface area (Å²) in [6.45, 7) is 32.4. The van der Waals surface area contributed by atoms with Gasteiger partial charge in [-0.15, -0.1) is 0 Å². The Balaban J connectivity index is 2.17. The molecule has 0 aromatic heterocycles. The van der Waals surface area contributed by atoms with E-state index in [0.29, 0.717) is 30.2 Å². The Kier molecular flexibility index (Phi) is 7.10. The molecule has 0 saturated carbocycles. The van der Waals surface area contributed by atoms with Crippen LogP contribution in [0.3, 0.4) is 0 Å². The molecule has 2 aliphatic heterocycles. The van der Waals surface area contributed by atoms with Crippen LogP contribution in [0.2, 0.25) is 0 Å². The summed E-state index contributed by atoms with van der Waals surface area (Å²) in [5.74, 6) is 0. The Labute approximate surface area is 170 Å². The predicted octanol–water partition coefficient (Wildman–Crippen LogP) is 3.76. The monoisotopic (exact) mass is 380 g/mol. The molecule has 160 valence electrons. The van der Waals surface area contributed by atoms with Gasteiger partial charge in [0, 0.05) is 74.0 Å². The molecule has 0 amide bonds. The van der Waals surface area contributed by atoms with Gasteiger partial charge < -0.3 is 0 Å². The van der Waals surface area contributed by atoms with Gasteiger partial charge in [-0.05, 0) is 76.2 Å². The summed E-state index contributed by atoms with van der Waals surface area (Å²) in [5, 5.41) is 0. The third-order valence-corrected chi connectivity index (χ3v) is 7.98. The Bertz CT molecular complexity index is 473. The van der Waals surface area contributed by atoms with Gasteiger partial charge in [0.2, 0.25) is 0 Å². The summed E-state index contributed by atoms with van der Waals surface area (Å²) in [6, 6.07) is 3.09. The molecular formula is C23H48N4. The summed E-state index contributed by atoms with van der Waals surface area (Å²) in [5.41, 5.74) is 0.266. The van der Waals surface area contributed by atoms with E-state index in [1.165, 1.54) is 32.7 Å². The summed E-state index contributed by atoms with van der Waals surface area (Å²) in [4.78, 5) is 10.9. The average molecular weight is 381 g/mol. The van der Waals surface area contributed by atoms with E-state index in [1.807, 2.05) is 0 Å². The number of hydrogen-bond donors (Lipinski definition) is 0. The van der Waals surface area contributed by atoms with Crippen LogP contribution in [0, 0.1) is 0 Å². The molecule has 2 aliphatic rings. The number of rotatable bonds is 5. The Morgan fingerprint density at radius 2 is 1.19 bits per heavy atom. The van der Waals surface area contributed by atoms with Crippen molar-refractivity contribution in [2.45, 2.75) is 117 Å². The first-order valence-corrected chi connectivity index (χ1v) is 11.3. The first-order chi connectivity index (χ1) is 12.3. The second-order valence-corrected chi connectivity index (χ2v) is 10.9. The standard InChI is InChI=1S/C23H48N4/c1-17(2)24-12-13-26(19(5)14-24)23(10,11)22(8,9)25-15-20(6)27(18(3)4)21(7)16-25/h17-21H,12-16H2,1-11H3. The molecule has 2 rings (SSSR count). The van der Waals surface area contributed by atoms with E-state index in [-0.39, 0.29) is 11.1 Å². The van der Waals surface area contributed by atoms with Crippen molar-refractivity contribution in [3.05, 3.63) is 0 Å². The second-order valence-electron chi connectivity index (χ2n) is 10.9. The fraction of sp³-hybridized carbons (Fsp3) is 1.00. The molecule has 27 heavy (non-hydrogen) atoms. The van der Waals surface area contributed by atoms with Crippen LogP contribution in [-0.2, 0) is 0 Å². The SMILES string of the molecule is CC(C)N1CCN(C(C)(C)C(C)(C)N2CC(C)N(C(C)C)C(C)C2)C(C)C1. The average Bonchev–Trinajstić information content (AvgIpc) is 2.52. The minimum absolute atomic E-state index is 0.132. The molecule has 0 spiro atoms. The molecule has 0 aliphatic carbocycles. The van der Waals surface area contributed by atoms with Gasteiger partial charge in [-0.3, -0.25) is 19.6 Å². The van der Waals surface area contributed by atoms with E-state index >= 15 is 0 Å². The van der Waals surface area contributed by atoms with Crippen molar-refractivity contribution in [3.8, 4) is 0 Å². The van der Waals surface area contributed by atoms with Crippen molar-refractivity contribution in [3.63, 3.8) is 0 Å². The third kappa shape index (κ3) is 4.39. The molecule has 0 aromatic carbocycles. The van der Waals surface area contributed by atoms with Crippen LogP contribution in [0.5, 0.6) is 0 Å². The topological polar surface area (TPSA) is 13.0 Å². The van der Waals surface area contributed by atoms with Crippen LogP contribution < -0.4 is 0 Å². The molecule has 0 N–H and O–H groups in total. The first kappa shape index (κ1) is 23.1. The number of hydrogen-bond acceptors (Lipinski definition) is 4. The molecule has 2 fully saturated rings. The molecule has 4 nitrogen and oxygen atoms in total. The minimum atomic E-state index is 0.132. The molecule has 3 unspecified atom stereocenters. The summed E-state index contributed by atoms with van der Waals surface area (Å²) in [7, 11) is 0. The van der Waals surface area contributed by atoms with Gasteiger partial charge in [-0.25, -0.2) is 0 Å². The van der Waals surface area contributed by atoms with Crippen LogP contribution in [0.25, 0.3) is 0 Å².